The molecule has 1 aliphatic carbocycles. The van der Waals surface area contributed by atoms with E-state index in [9.17, 15) is 9.59 Å². The topological polar surface area (TPSA) is 60.9 Å². The molecule has 5 heteroatoms. The van der Waals surface area contributed by atoms with Crippen LogP contribution < -0.4 is 0 Å². The Kier molecular flexibility index (Phi) is 3.54. The van der Waals surface area contributed by atoms with Crippen LogP contribution >= 0.6 is 0 Å². The van der Waals surface area contributed by atoms with E-state index in [2.05, 4.69) is 0 Å². The molecule has 2 aliphatic rings. The largest absolute Gasteiger partial charge is 0.481 e. The SMILES string of the molecule is CN(CC1CCC1)C(=O)N1CC(CC(=O)O)C1. The Morgan fingerprint density at radius 3 is 2.41 bits per heavy atom. The van der Waals surface area contributed by atoms with Gasteiger partial charge in [-0.3, -0.25) is 4.79 Å². The zero-order valence-electron chi connectivity index (χ0n) is 10.3. The van der Waals surface area contributed by atoms with Crippen LogP contribution in [0.25, 0.3) is 0 Å². The van der Waals surface area contributed by atoms with E-state index >= 15 is 0 Å². The molecule has 0 atom stereocenters. The highest BCUT2D eigenvalue weighted by molar-refractivity contribution is 5.75. The number of carboxylic acid groups (broad SMARTS) is 1. The number of hydrogen-bond donors (Lipinski definition) is 1. The van der Waals surface area contributed by atoms with Gasteiger partial charge in [0.15, 0.2) is 0 Å². The van der Waals surface area contributed by atoms with Gasteiger partial charge in [-0.15, -0.1) is 0 Å². The zero-order chi connectivity index (χ0) is 12.4. The molecule has 0 aromatic rings. The number of aliphatic carboxylic acids is 1. The Balaban J connectivity index is 1.68. The molecule has 2 rings (SSSR count). The Morgan fingerprint density at radius 2 is 1.94 bits per heavy atom. The highest BCUT2D eigenvalue weighted by Gasteiger charge is 2.34. The van der Waals surface area contributed by atoms with Gasteiger partial charge in [0.25, 0.3) is 0 Å². The molecular weight excluding hydrogens is 220 g/mol. The monoisotopic (exact) mass is 240 g/mol. The van der Waals surface area contributed by atoms with E-state index in [-0.39, 0.29) is 18.4 Å². The minimum absolute atomic E-state index is 0.0542. The molecule has 5 nitrogen and oxygen atoms in total. The van der Waals surface area contributed by atoms with Crippen molar-refractivity contribution in [2.45, 2.75) is 25.7 Å². The fraction of sp³-hybridized carbons (Fsp3) is 0.833. The third kappa shape index (κ3) is 2.90. The van der Waals surface area contributed by atoms with E-state index in [4.69, 9.17) is 5.11 Å². The molecule has 1 saturated carbocycles. The molecular formula is C12H20N2O3. The van der Waals surface area contributed by atoms with E-state index in [0.29, 0.717) is 19.0 Å². The van der Waals surface area contributed by atoms with Crippen molar-refractivity contribution in [2.75, 3.05) is 26.7 Å². The summed E-state index contributed by atoms with van der Waals surface area (Å²) in [6.07, 6.45) is 3.94. The smallest absolute Gasteiger partial charge is 0.319 e. The van der Waals surface area contributed by atoms with E-state index in [1.807, 2.05) is 7.05 Å². The van der Waals surface area contributed by atoms with Gasteiger partial charge in [0.05, 0.1) is 6.42 Å². The van der Waals surface area contributed by atoms with Crippen LogP contribution in [0.15, 0.2) is 0 Å². The number of nitrogens with zero attached hydrogens (tertiary/aromatic N) is 2. The van der Waals surface area contributed by atoms with E-state index in [1.54, 1.807) is 9.80 Å². The molecule has 0 radical (unpaired) electrons. The van der Waals surface area contributed by atoms with Crippen LogP contribution in [0.1, 0.15) is 25.7 Å². The first-order valence-electron chi connectivity index (χ1n) is 6.28. The molecule has 2 fully saturated rings. The molecule has 1 heterocycles. The summed E-state index contributed by atoms with van der Waals surface area (Å²) in [5, 5.41) is 8.63. The summed E-state index contributed by atoms with van der Waals surface area (Å²) in [6.45, 7) is 2.04. The summed E-state index contributed by atoms with van der Waals surface area (Å²) in [5.41, 5.74) is 0. The van der Waals surface area contributed by atoms with Gasteiger partial charge in [0.1, 0.15) is 0 Å². The van der Waals surface area contributed by atoms with E-state index < -0.39 is 5.97 Å². The van der Waals surface area contributed by atoms with E-state index in [1.165, 1.54) is 19.3 Å². The average Bonchev–Trinajstić information content (AvgIpc) is 2.15. The maximum absolute atomic E-state index is 11.9. The van der Waals surface area contributed by atoms with Crippen molar-refractivity contribution in [1.82, 2.24) is 9.80 Å². The number of amides is 2. The molecule has 1 N–H and O–H groups in total. The lowest BCUT2D eigenvalue weighted by atomic mass is 9.85. The number of likely N-dealkylation sites (tertiary alicyclic amines) is 1. The molecule has 0 bridgehead atoms. The fourth-order valence-electron chi connectivity index (χ4n) is 2.48. The highest BCUT2D eigenvalue weighted by atomic mass is 16.4. The molecule has 1 aliphatic heterocycles. The molecule has 0 aromatic heterocycles. The minimum Gasteiger partial charge on any atom is -0.481 e. The molecule has 0 unspecified atom stereocenters. The molecule has 96 valence electrons. The summed E-state index contributed by atoms with van der Waals surface area (Å²) >= 11 is 0. The summed E-state index contributed by atoms with van der Waals surface area (Å²) in [4.78, 5) is 25.9. The van der Waals surface area contributed by atoms with Gasteiger partial charge in [-0.2, -0.15) is 0 Å². The first-order valence-corrected chi connectivity index (χ1v) is 6.28. The third-order valence-electron chi connectivity index (χ3n) is 3.77. The molecule has 1 saturated heterocycles. The van der Waals surface area contributed by atoms with Crippen LogP contribution in [0.3, 0.4) is 0 Å². The van der Waals surface area contributed by atoms with Gasteiger partial charge in [-0.05, 0) is 18.8 Å². The van der Waals surface area contributed by atoms with Crippen molar-refractivity contribution in [3.05, 3.63) is 0 Å². The quantitative estimate of drug-likeness (QED) is 0.804. The van der Waals surface area contributed by atoms with Gasteiger partial charge in [0.2, 0.25) is 0 Å². The van der Waals surface area contributed by atoms with Crippen molar-refractivity contribution in [3.8, 4) is 0 Å². The summed E-state index contributed by atoms with van der Waals surface area (Å²) in [5.74, 6) is 0.0542. The second kappa shape index (κ2) is 4.94. The van der Waals surface area contributed by atoms with Crippen molar-refractivity contribution in [1.29, 1.82) is 0 Å². The summed E-state index contributed by atoms with van der Waals surface area (Å²) in [7, 11) is 1.84. The Labute approximate surface area is 101 Å². The average molecular weight is 240 g/mol. The standard InChI is InChI=1S/C12H20N2O3/c1-13(6-9-3-2-4-9)12(17)14-7-10(8-14)5-11(15)16/h9-10H,2-8H2,1H3,(H,15,16). The normalized spacial score (nSPS) is 20.6. The maximum Gasteiger partial charge on any atom is 0.319 e. The van der Waals surface area contributed by atoms with E-state index in [0.717, 1.165) is 6.54 Å². The van der Waals surface area contributed by atoms with Gasteiger partial charge < -0.3 is 14.9 Å². The second-order valence-corrected chi connectivity index (χ2v) is 5.33. The van der Waals surface area contributed by atoms with Crippen LogP contribution in [0.2, 0.25) is 0 Å². The van der Waals surface area contributed by atoms with Crippen LogP contribution in [0.5, 0.6) is 0 Å². The Bertz CT molecular complexity index is 309. The van der Waals surface area contributed by atoms with Gasteiger partial charge >= 0.3 is 12.0 Å². The number of carboxylic acids is 1. The van der Waals surface area contributed by atoms with Gasteiger partial charge in [0, 0.05) is 32.6 Å². The predicted molar refractivity (Wildman–Crippen MR) is 62.7 cm³/mol. The summed E-state index contributed by atoms with van der Waals surface area (Å²) in [6, 6.07) is 0.0542. The number of carbonyl (C=O) groups is 2. The minimum atomic E-state index is -0.773. The number of hydrogen-bond acceptors (Lipinski definition) is 2. The second-order valence-electron chi connectivity index (χ2n) is 5.33. The third-order valence-corrected chi connectivity index (χ3v) is 3.77. The lowest BCUT2D eigenvalue weighted by Gasteiger charge is -2.41. The maximum atomic E-state index is 11.9. The van der Waals surface area contributed by atoms with Crippen LogP contribution in [0, 0.1) is 11.8 Å². The van der Waals surface area contributed by atoms with Crippen molar-refractivity contribution in [3.63, 3.8) is 0 Å². The fourth-order valence-corrected chi connectivity index (χ4v) is 2.48. The lowest BCUT2D eigenvalue weighted by Crippen LogP contribution is -2.55. The first-order chi connectivity index (χ1) is 8.06. The Morgan fingerprint density at radius 1 is 1.29 bits per heavy atom. The Hall–Kier alpha value is -1.26. The van der Waals surface area contributed by atoms with Crippen LogP contribution in [-0.2, 0) is 4.79 Å². The zero-order valence-corrected chi connectivity index (χ0v) is 10.3. The van der Waals surface area contributed by atoms with Crippen LogP contribution in [-0.4, -0.2) is 53.6 Å². The van der Waals surface area contributed by atoms with Gasteiger partial charge in [-0.1, -0.05) is 6.42 Å². The molecule has 17 heavy (non-hydrogen) atoms. The number of carbonyl (C=O) groups excluding carboxylic acids is 1. The van der Waals surface area contributed by atoms with Crippen molar-refractivity contribution in [2.24, 2.45) is 11.8 Å². The lowest BCUT2D eigenvalue weighted by molar-refractivity contribution is -0.139. The van der Waals surface area contributed by atoms with Crippen molar-refractivity contribution < 1.29 is 14.7 Å². The molecule has 2 amide bonds. The highest BCUT2D eigenvalue weighted by Crippen LogP contribution is 2.27. The van der Waals surface area contributed by atoms with Gasteiger partial charge in [-0.25, -0.2) is 4.79 Å². The first kappa shape index (κ1) is 12.2. The van der Waals surface area contributed by atoms with Crippen molar-refractivity contribution >= 4 is 12.0 Å². The number of rotatable bonds is 4. The summed E-state index contributed by atoms with van der Waals surface area (Å²) < 4.78 is 0. The molecule has 0 aromatic carbocycles. The predicted octanol–water partition coefficient (Wildman–Crippen LogP) is 1.24. The van der Waals surface area contributed by atoms with Crippen LogP contribution in [0.4, 0.5) is 4.79 Å². The molecule has 0 spiro atoms. The number of urea groups is 1.